The molecule has 140 valence electrons. The Labute approximate surface area is 146 Å². The van der Waals surface area contributed by atoms with Crippen molar-refractivity contribution in [1.82, 2.24) is 5.32 Å². The van der Waals surface area contributed by atoms with Crippen LogP contribution in [0.2, 0.25) is 0 Å². The van der Waals surface area contributed by atoms with Gasteiger partial charge in [-0.3, -0.25) is 9.52 Å². The van der Waals surface area contributed by atoms with Crippen molar-refractivity contribution >= 4 is 27.6 Å². The van der Waals surface area contributed by atoms with Gasteiger partial charge in [-0.25, -0.2) is 13.2 Å². The van der Waals surface area contributed by atoms with Gasteiger partial charge in [-0.05, 0) is 18.1 Å². The Kier molecular flexibility index (Phi) is 6.63. The van der Waals surface area contributed by atoms with Crippen LogP contribution in [0.5, 0.6) is 11.5 Å². The lowest BCUT2D eigenvalue weighted by Gasteiger charge is -2.19. The fraction of sp³-hybridized carbons (Fsp3) is 0.467. The van der Waals surface area contributed by atoms with Crippen molar-refractivity contribution in [2.75, 3.05) is 25.2 Å². The van der Waals surface area contributed by atoms with Gasteiger partial charge < -0.3 is 19.9 Å². The molecular formula is C15H22N2O7S. The smallest absolute Gasteiger partial charge is 0.326 e. The molecule has 1 aromatic rings. The van der Waals surface area contributed by atoms with E-state index in [0.717, 1.165) is 6.26 Å². The molecule has 0 bridgehead atoms. The van der Waals surface area contributed by atoms with Crippen LogP contribution >= 0.6 is 0 Å². The summed E-state index contributed by atoms with van der Waals surface area (Å²) in [5.41, 5.74) is 0.0293. The van der Waals surface area contributed by atoms with E-state index in [-0.39, 0.29) is 28.7 Å². The maximum absolute atomic E-state index is 12.4. The molecule has 0 unspecified atom stereocenters. The lowest BCUT2D eigenvalue weighted by molar-refractivity contribution is -0.140. The zero-order chi connectivity index (χ0) is 19.4. The number of hydrogen-bond donors (Lipinski definition) is 3. The zero-order valence-corrected chi connectivity index (χ0v) is 15.4. The van der Waals surface area contributed by atoms with Crippen LogP contribution in [0.1, 0.15) is 24.2 Å². The van der Waals surface area contributed by atoms with Crippen LogP contribution in [0.4, 0.5) is 5.69 Å². The number of benzene rings is 1. The third-order valence-corrected chi connectivity index (χ3v) is 3.85. The SMILES string of the molecule is COc1cc(C(=O)N[C@H](C(=O)O)C(C)C)cc(NS(C)(=O)=O)c1OC. The van der Waals surface area contributed by atoms with Gasteiger partial charge in [0.15, 0.2) is 11.5 Å². The summed E-state index contributed by atoms with van der Waals surface area (Å²) in [6.45, 7) is 3.31. The summed E-state index contributed by atoms with van der Waals surface area (Å²) in [6.07, 6.45) is 0.949. The van der Waals surface area contributed by atoms with E-state index in [1.807, 2.05) is 0 Å². The molecule has 9 nitrogen and oxygen atoms in total. The molecule has 0 saturated carbocycles. The van der Waals surface area contributed by atoms with Crippen molar-refractivity contribution < 1.29 is 32.6 Å². The topological polar surface area (TPSA) is 131 Å². The number of sulfonamides is 1. The molecule has 0 heterocycles. The average Bonchev–Trinajstić information content (AvgIpc) is 2.49. The van der Waals surface area contributed by atoms with Gasteiger partial charge in [0, 0.05) is 5.56 Å². The van der Waals surface area contributed by atoms with Crippen LogP contribution in [0.15, 0.2) is 12.1 Å². The second-order valence-corrected chi connectivity index (χ2v) is 7.42. The van der Waals surface area contributed by atoms with E-state index >= 15 is 0 Å². The minimum atomic E-state index is -3.64. The summed E-state index contributed by atoms with van der Waals surface area (Å²) in [5.74, 6) is -1.96. The molecule has 0 aliphatic heterocycles. The van der Waals surface area contributed by atoms with Crippen molar-refractivity contribution in [3.8, 4) is 11.5 Å². The van der Waals surface area contributed by atoms with Crippen LogP contribution in [-0.4, -0.2) is 51.9 Å². The molecule has 10 heteroatoms. The normalized spacial score (nSPS) is 12.4. The highest BCUT2D eigenvalue weighted by Gasteiger charge is 2.25. The fourth-order valence-electron chi connectivity index (χ4n) is 2.11. The van der Waals surface area contributed by atoms with Crippen molar-refractivity contribution in [2.24, 2.45) is 5.92 Å². The van der Waals surface area contributed by atoms with Crippen LogP contribution < -0.4 is 19.5 Å². The summed E-state index contributed by atoms with van der Waals surface area (Å²) in [5, 5.41) is 11.6. The lowest BCUT2D eigenvalue weighted by Crippen LogP contribution is -2.44. The van der Waals surface area contributed by atoms with Gasteiger partial charge in [0.1, 0.15) is 6.04 Å². The maximum Gasteiger partial charge on any atom is 0.326 e. The number of hydrogen-bond acceptors (Lipinski definition) is 6. The number of carboxylic acid groups (broad SMARTS) is 1. The van der Waals surface area contributed by atoms with Crippen LogP contribution in [-0.2, 0) is 14.8 Å². The van der Waals surface area contributed by atoms with Gasteiger partial charge in [0.05, 0.1) is 26.2 Å². The predicted octanol–water partition coefficient (Wildman–Crippen LogP) is 0.914. The number of rotatable bonds is 8. The van der Waals surface area contributed by atoms with E-state index in [0.29, 0.717) is 0 Å². The summed E-state index contributed by atoms with van der Waals surface area (Å²) >= 11 is 0. The maximum atomic E-state index is 12.4. The molecule has 0 spiro atoms. The molecule has 1 amide bonds. The zero-order valence-electron chi connectivity index (χ0n) is 14.6. The standard InChI is InChI=1S/C15H22N2O7S/c1-8(2)12(15(19)20)16-14(18)9-6-10(17-25(5,21)22)13(24-4)11(7-9)23-3/h6-8,12,17H,1-5H3,(H,16,18)(H,19,20)/t12-/m0/s1. The van der Waals surface area contributed by atoms with Gasteiger partial charge >= 0.3 is 5.97 Å². The van der Waals surface area contributed by atoms with Crippen molar-refractivity contribution in [3.63, 3.8) is 0 Å². The van der Waals surface area contributed by atoms with E-state index in [1.54, 1.807) is 13.8 Å². The molecule has 0 saturated heterocycles. The number of carboxylic acids is 1. The van der Waals surface area contributed by atoms with Crippen molar-refractivity contribution in [1.29, 1.82) is 0 Å². The number of methoxy groups -OCH3 is 2. The Bertz CT molecular complexity index is 759. The molecule has 1 atom stereocenters. The highest BCUT2D eigenvalue weighted by atomic mass is 32.2. The van der Waals surface area contributed by atoms with Gasteiger partial charge in [-0.2, -0.15) is 0 Å². The van der Waals surface area contributed by atoms with E-state index in [4.69, 9.17) is 9.47 Å². The molecule has 0 aliphatic rings. The number of nitrogens with one attached hydrogen (secondary N) is 2. The highest BCUT2D eigenvalue weighted by molar-refractivity contribution is 7.92. The third-order valence-electron chi connectivity index (χ3n) is 3.26. The Balaban J connectivity index is 3.33. The van der Waals surface area contributed by atoms with Gasteiger partial charge in [-0.1, -0.05) is 13.8 Å². The number of carbonyl (C=O) groups excluding carboxylic acids is 1. The first-order valence-electron chi connectivity index (χ1n) is 7.27. The molecule has 0 radical (unpaired) electrons. The summed E-state index contributed by atoms with van der Waals surface area (Å²) in [6, 6.07) is 1.49. The van der Waals surface area contributed by atoms with E-state index in [2.05, 4.69) is 10.0 Å². The molecule has 1 aromatic carbocycles. The number of ether oxygens (including phenoxy) is 2. The minimum Gasteiger partial charge on any atom is -0.493 e. The summed E-state index contributed by atoms with van der Waals surface area (Å²) in [4.78, 5) is 23.6. The van der Waals surface area contributed by atoms with Crippen LogP contribution in [0, 0.1) is 5.92 Å². The molecule has 3 N–H and O–H groups in total. The Morgan fingerprint density at radius 2 is 1.76 bits per heavy atom. The highest BCUT2D eigenvalue weighted by Crippen LogP contribution is 2.37. The Morgan fingerprint density at radius 3 is 2.16 bits per heavy atom. The summed E-state index contributed by atoms with van der Waals surface area (Å²) < 4.78 is 35.5. The molecule has 1 rings (SSSR count). The number of amides is 1. The molecule has 0 fully saturated rings. The van der Waals surface area contributed by atoms with Gasteiger partial charge in [0.2, 0.25) is 10.0 Å². The van der Waals surface area contributed by atoms with Crippen LogP contribution in [0.3, 0.4) is 0 Å². The van der Waals surface area contributed by atoms with Gasteiger partial charge in [0.25, 0.3) is 5.91 Å². The summed E-state index contributed by atoms with van der Waals surface area (Å²) in [7, 11) is -0.984. The van der Waals surface area contributed by atoms with E-state index < -0.39 is 27.9 Å². The predicted molar refractivity (Wildman–Crippen MR) is 91.7 cm³/mol. The number of aliphatic carboxylic acids is 1. The third kappa shape index (κ3) is 5.52. The second kappa shape index (κ2) is 8.06. The fourth-order valence-corrected chi connectivity index (χ4v) is 2.66. The monoisotopic (exact) mass is 374 g/mol. The first-order valence-corrected chi connectivity index (χ1v) is 9.16. The van der Waals surface area contributed by atoms with Gasteiger partial charge in [-0.15, -0.1) is 0 Å². The van der Waals surface area contributed by atoms with Crippen molar-refractivity contribution in [2.45, 2.75) is 19.9 Å². The average molecular weight is 374 g/mol. The first kappa shape index (κ1) is 20.6. The number of carbonyl (C=O) groups is 2. The van der Waals surface area contributed by atoms with Crippen LogP contribution in [0.25, 0.3) is 0 Å². The van der Waals surface area contributed by atoms with E-state index in [1.165, 1.54) is 26.4 Å². The first-order chi connectivity index (χ1) is 11.5. The molecule has 0 aliphatic carbocycles. The minimum absolute atomic E-state index is 0.00548. The quantitative estimate of drug-likeness (QED) is 0.616. The lowest BCUT2D eigenvalue weighted by atomic mass is 10.0. The molecular weight excluding hydrogens is 352 g/mol. The second-order valence-electron chi connectivity index (χ2n) is 5.67. The number of anilines is 1. The Morgan fingerprint density at radius 1 is 1.16 bits per heavy atom. The van der Waals surface area contributed by atoms with E-state index in [9.17, 15) is 23.1 Å². The molecule has 0 aromatic heterocycles. The Hall–Kier alpha value is -2.49. The molecule has 25 heavy (non-hydrogen) atoms. The largest absolute Gasteiger partial charge is 0.493 e. The van der Waals surface area contributed by atoms with Crippen molar-refractivity contribution in [3.05, 3.63) is 17.7 Å².